The van der Waals surface area contributed by atoms with Crippen LogP contribution in [0.3, 0.4) is 0 Å². The molecule has 0 bridgehead atoms. The molecule has 1 heterocycles. The van der Waals surface area contributed by atoms with Gasteiger partial charge in [0.2, 0.25) is 0 Å². The third kappa shape index (κ3) is 3.33. The molecule has 0 radical (unpaired) electrons. The molecule has 1 aromatic rings. The Balaban J connectivity index is 2.05. The topological polar surface area (TPSA) is 21.3 Å². The van der Waals surface area contributed by atoms with Gasteiger partial charge in [-0.15, -0.1) is 0 Å². The number of benzene rings is 1. The predicted octanol–water partition coefficient (Wildman–Crippen LogP) is 3.17. The fourth-order valence-corrected chi connectivity index (χ4v) is 2.95. The zero-order valence-corrected chi connectivity index (χ0v) is 11.6. The summed E-state index contributed by atoms with van der Waals surface area (Å²) in [6.07, 6.45) is 4.40. The first-order valence-corrected chi connectivity index (χ1v) is 7.19. The summed E-state index contributed by atoms with van der Waals surface area (Å²) in [5.74, 6) is 0. The van der Waals surface area contributed by atoms with Crippen LogP contribution in [0.15, 0.2) is 30.3 Å². The Hall–Kier alpha value is -0.860. The van der Waals surface area contributed by atoms with Gasteiger partial charge in [0.15, 0.2) is 0 Å². The Morgan fingerprint density at radius 2 is 2.06 bits per heavy atom. The standard InChI is InChI=1S/C16H25NO/c1-3-16(12-14-8-6-5-7-9-14)13-15(17-4-2)10-11-18-16/h5-9,15,17H,3-4,10-13H2,1-2H3. The predicted molar refractivity (Wildman–Crippen MR) is 75.8 cm³/mol. The molecule has 1 aliphatic rings. The minimum atomic E-state index is 0.0342. The van der Waals surface area contributed by atoms with Crippen molar-refractivity contribution in [1.29, 1.82) is 0 Å². The molecule has 2 rings (SSSR count). The molecule has 2 atom stereocenters. The number of hydrogen-bond acceptors (Lipinski definition) is 2. The average Bonchev–Trinajstić information content (AvgIpc) is 2.41. The minimum Gasteiger partial charge on any atom is -0.375 e. The van der Waals surface area contributed by atoms with Crippen molar-refractivity contribution in [1.82, 2.24) is 5.32 Å². The Kier molecular flexibility index (Phi) is 4.79. The zero-order valence-electron chi connectivity index (χ0n) is 11.6. The SMILES string of the molecule is CCNC1CCOC(CC)(Cc2ccccc2)C1. The van der Waals surface area contributed by atoms with Crippen molar-refractivity contribution >= 4 is 0 Å². The molecule has 2 nitrogen and oxygen atoms in total. The third-order valence-corrected chi connectivity index (χ3v) is 4.00. The van der Waals surface area contributed by atoms with E-state index < -0.39 is 0 Å². The molecule has 2 unspecified atom stereocenters. The van der Waals surface area contributed by atoms with Gasteiger partial charge >= 0.3 is 0 Å². The van der Waals surface area contributed by atoms with E-state index in [1.807, 2.05) is 0 Å². The Morgan fingerprint density at radius 1 is 1.28 bits per heavy atom. The van der Waals surface area contributed by atoms with Gasteiger partial charge in [-0.2, -0.15) is 0 Å². The summed E-state index contributed by atoms with van der Waals surface area (Å²) >= 11 is 0. The van der Waals surface area contributed by atoms with Crippen LogP contribution >= 0.6 is 0 Å². The molecule has 100 valence electrons. The summed E-state index contributed by atoms with van der Waals surface area (Å²) in [5.41, 5.74) is 1.42. The maximum atomic E-state index is 6.16. The van der Waals surface area contributed by atoms with Crippen LogP contribution < -0.4 is 5.32 Å². The molecular formula is C16H25NO. The molecule has 0 aromatic heterocycles. The molecule has 0 saturated carbocycles. The normalized spacial score (nSPS) is 28.2. The lowest BCUT2D eigenvalue weighted by molar-refractivity contribution is -0.0902. The molecule has 0 spiro atoms. The van der Waals surface area contributed by atoms with Gasteiger partial charge in [-0.1, -0.05) is 44.2 Å². The summed E-state index contributed by atoms with van der Waals surface area (Å²) < 4.78 is 6.16. The Bertz CT molecular complexity index is 349. The van der Waals surface area contributed by atoms with Crippen LogP contribution in [-0.2, 0) is 11.2 Å². The minimum absolute atomic E-state index is 0.0342. The summed E-state index contributed by atoms with van der Waals surface area (Å²) in [5, 5.41) is 3.58. The van der Waals surface area contributed by atoms with Crippen molar-refractivity contribution in [3.05, 3.63) is 35.9 Å². The second-order valence-corrected chi connectivity index (χ2v) is 5.29. The quantitative estimate of drug-likeness (QED) is 0.863. The second kappa shape index (κ2) is 6.35. The highest BCUT2D eigenvalue weighted by atomic mass is 16.5. The van der Waals surface area contributed by atoms with Crippen LogP contribution in [0.4, 0.5) is 0 Å². The van der Waals surface area contributed by atoms with Gasteiger partial charge < -0.3 is 10.1 Å². The largest absolute Gasteiger partial charge is 0.375 e. The first-order valence-electron chi connectivity index (χ1n) is 7.19. The van der Waals surface area contributed by atoms with Crippen LogP contribution in [0.5, 0.6) is 0 Å². The monoisotopic (exact) mass is 247 g/mol. The first-order chi connectivity index (χ1) is 8.78. The van der Waals surface area contributed by atoms with Gasteiger partial charge in [-0.25, -0.2) is 0 Å². The molecule has 2 heteroatoms. The molecule has 1 aliphatic heterocycles. The van der Waals surface area contributed by atoms with Crippen LogP contribution in [0.25, 0.3) is 0 Å². The lowest BCUT2D eigenvalue weighted by Gasteiger charge is -2.41. The Labute approximate surface area is 111 Å². The van der Waals surface area contributed by atoms with Crippen molar-refractivity contribution in [2.24, 2.45) is 0 Å². The van der Waals surface area contributed by atoms with Crippen molar-refractivity contribution in [2.45, 2.75) is 51.2 Å². The molecule has 1 aromatic carbocycles. The van der Waals surface area contributed by atoms with E-state index in [4.69, 9.17) is 4.74 Å². The number of rotatable bonds is 5. The van der Waals surface area contributed by atoms with E-state index in [9.17, 15) is 0 Å². The summed E-state index contributed by atoms with van der Waals surface area (Å²) in [7, 11) is 0. The maximum absolute atomic E-state index is 6.16. The van der Waals surface area contributed by atoms with Gasteiger partial charge in [-0.05, 0) is 31.4 Å². The average molecular weight is 247 g/mol. The van der Waals surface area contributed by atoms with Gasteiger partial charge in [-0.3, -0.25) is 0 Å². The summed E-state index contributed by atoms with van der Waals surface area (Å²) in [6, 6.07) is 11.3. The molecule has 0 amide bonds. The van der Waals surface area contributed by atoms with Crippen molar-refractivity contribution in [3.63, 3.8) is 0 Å². The summed E-state index contributed by atoms with van der Waals surface area (Å²) in [6.45, 7) is 6.37. The van der Waals surface area contributed by atoms with E-state index in [0.717, 1.165) is 38.8 Å². The highest BCUT2D eigenvalue weighted by molar-refractivity contribution is 5.17. The molecule has 1 N–H and O–H groups in total. The fourth-order valence-electron chi connectivity index (χ4n) is 2.95. The first kappa shape index (κ1) is 13.6. The van der Waals surface area contributed by atoms with Crippen molar-refractivity contribution < 1.29 is 4.74 Å². The zero-order chi connectivity index (χ0) is 12.8. The van der Waals surface area contributed by atoms with Crippen LogP contribution in [0.1, 0.15) is 38.7 Å². The number of hydrogen-bond donors (Lipinski definition) is 1. The van der Waals surface area contributed by atoms with E-state index in [1.54, 1.807) is 0 Å². The second-order valence-electron chi connectivity index (χ2n) is 5.29. The molecular weight excluding hydrogens is 222 g/mol. The van der Waals surface area contributed by atoms with E-state index in [1.165, 1.54) is 5.56 Å². The van der Waals surface area contributed by atoms with Crippen LogP contribution in [0.2, 0.25) is 0 Å². The lowest BCUT2D eigenvalue weighted by Crippen LogP contribution is -2.48. The van der Waals surface area contributed by atoms with Gasteiger partial charge in [0, 0.05) is 19.1 Å². The maximum Gasteiger partial charge on any atom is 0.0734 e. The van der Waals surface area contributed by atoms with E-state index >= 15 is 0 Å². The highest BCUT2D eigenvalue weighted by Gasteiger charge is 2.35. The number of nitrogens with one attached hydrogen (secondary N) is 1. The highest BCUT2D eigenvalue weighted by Crippen LogP contribution is 2.32. The molecule has 0 aliphatic carbocycles. The van der Waals surface area contributed by atoms with Crippen molar-refractivity contribution in [2.75, 3.05) is 13.2 Å². The van der Waals surface area contributed by atoms with Gasteiger partial charge in [0.25, 0.3) is 0 Å². The molecule has 18 heavy (non-hydrogen) atoms. The van der Waals surface area contributed by atoms with E-state index in [-0.39, 0.29) is 5.60 Å². The van der Waals surface area contributed by atoms with Gasteiger partial charge in [0.1, 0.15) is 0 Å². The lowest BCUT2D eigenvalue weighted by atomic mass is 9.83. The van der Waals surface area contributed by atoms with Gasteiger partial charge in [0.05, 0.1) is 5.60 Å². The van der Waals surface area contributed by atoms with E-state index in [2.05, 4.69) is 49.5 Å². The van der Waals surface area contributed by atoms with Crippen LogP contribution in [0, 0.1) is 0 Å². The van der Waals surface area contributed by atoms with E-state index in [0.29, 0.717) is 6.04 Å². The van der Waals surface area contributed by atoms with Crippen LogP contribution in [-0.4, -0.2) is 24.8 Å². The van der Waals surface area contributed by atoms with Crippen molar-refractivity contribution in [3.8, 4) is 0 Å². The fraction of sp³-hybridized carbons (Fsp3) is 0.625. The molecule has 1 fully saturated rings. The molecule has 1 saturated heterocycles. The third-order valence-electron chi connectivity index (χ3n) is 4.00. The Morgan fingerprint density at radius 3 is 2.72 bits per heavy atom. The summed E-state index contributed by atoms with van der Waals surface area (Å²) in [4.78, 5) is 0. The number of ether oxygens (including phenoxy) is 1. The smallest absolute Gasteiger partial charge is 0.0734 e.